The van der Waals surface area contributed by atoms with Gasteiger partial charge < -0.3 is 9.73 Å². The van der Waals surface area contributed by atoms with Gasteiger partial charge in [0.2, 0.25) is 0 Å². The highest BCUT2D eigenvalue weighted by molar-refractivity contribution is 9.10. The summed E-state index contributed by atoms with van der Waals surface area (Å²) in [7, 11) is 0. The van der Waals surface area contributed by atoms with Crippen molar-refractivity contribution < 1.29 is 8.81 Å². The van der Waals surface area contributed by atoms with E-state index >= 15 is 0 Å². The first kappa shape index (κ1) is 8.74. The number of furan rings is 1. The maximum Gasteiger partial charge on any atom is 0.169 e. The summed E-state index contributed by atoms with van der Waals surface area (Å²) in [4.78, 5) is 0. The molecular formula is C7H9BrFNO. The van der Waals surface area contributed by atoms with Crippen molar-refractivity contribution in [2.24, 2.45) is 0 Å². The quantitative estimate of drug-likeness (QED) is 0.789. The average molecular weight is 222 g/mol. The molecule has 1 N–H and O–H groups in total. The van der Waals surface area contributed by atoms with Crippen LogP contribution in [-0.4, -0.2) is 13.2 Å². The van der Waals surface area contributed by atoms with Crippen molar-refractivity contribution in [2.75, 3.05) is 13.2 Å². The van der Waals surface area contributed by atoms with Gasteiger partial charge in [0, 0.05) is 6.54 Å². The molecule has 1 aromatic rings. The minimum Gasteiger partial charge on any atom is -0.453 e. The Balaban J connectivity index is 2.27. The summed E-state index contributed by atoms with van der Waals surface area (Å²) in [5.74, 6) is 0.810. The number of hydrogen-bond donors (Lipinski definition) is 1. The van der Waals surface area contributed by atoms with Crippen molar-refractivity contribution in [3.8, 4) is 0 Å². The van der Waals surface area contributed by atoms with Crippen molar-refractivity contribution in [3.05, 3.63) is 22.6 Å². The molecular weight excluding hydrogens is 213 g/mol. The Labute approximate surface area is 72.9 Å². The van der Waals surface area contributed by atoms with Gasteiger partial charge in [-0.05, 0) is 28.1 Å². The Morgan fingerprint density at radius 2 is 2.36 bits per heavy atom. The van der Waals surface area contributed by atoms with Gasteiger partial charge in [-0.25, -0.2) is 4.39 Å². The Bertz CT molecular complexity index is 214. The maximum atomic E-state index is 11.6. The van der Waals surface area contributed by atoms with Crippen LogP contribution in [0.15, 0.2) is 21.2 Å². The molecule has 0 unspecified atom stereocenters. The normalized spacial score (nSPS) is 10.4. The molecule has 1 aromatic heterocycles. The fourth-order valence-corrected chi connectivity index (χ4v) is 1.07. The van der Waals surface area contributed by atoms with Crippen molar-refractivity contribution in [1.29, 1.82) is 0 Å². The summed E-state index contributed by atoms with van der Waals surface area (Å²) < 4.78 is 17.5. The van der Waals surface area contributed by atoms with Gasteiger partial charge in [-0.3, -0.25) is 0 Å². The lowest BCUT2D eigenvalue weighted by Crippen LogP contribution is -2.15. The van der Waals surface area contributed by atoms with Gasteiger partial charge >= 0.3 is 0 Å². The van der Waals surface area contributed by atoms with Crippen LogP contribution in [-0.2, 0) is 6.54 Å². The maximum absolute atomic E-state index is 11.6. The van der Waals surface area contributed by atoms with E-state index in [2.05, 4.69) is 21.2 Å². The molecule has 0 bridgehead atoms. The van der Waals surface area contributed by atoms with Crippen molar-refractivity contribution in [3.63, 3.8) is 0 Å². The first-order valence-corrected chi connectivity index (χ1v) is 4.13. The summed E-state index contributed by atoms with van der Waals surface area (Å²) in [5.41, 5.74) is 0. The van der Waals surface area contributed by atoms with Crippen LogP contribution in [0.2, 0.25) is 0 Å². The predicted octanol–water partition coefficient (Wildman–Crippen LogP) is 2.10. The Morgan fingerprint density at radius 3 is 2.91 bits per heavy atom. The summed E-state index contributed by atoms with van der Waals surface area (Å²) in [5, 5.41) is 2.88. The zero-order valence-electron chi connectivity index (χ0n) is 5.94. The van der Waals surface area contributed by atoms with E-state index < -0.39 is 0 Å². The number of hydrogen-bond acceptors (Lipinski definition) is 2. The van der Waals surface area contributed by atoms with Gasteiger partial charge in [-0.2, -0.15) is 0 Å². The zero-order valence-corrected chi connectivity index (χ0v) is 7.53. The standard InChI is InChI=1S/C7H9BrFNO/c8-7-2-1-6(11-7)5-10-4-3-9/h1-2,10H,3-5H2. The van der Waals surface area contributed by atoms with E-state index in [1.54, 1.807) is 0 Å². The zero-order chi connectivity index (χ0) is 8.10. The number of rotatable bonds is 4. The molecule has 0 aliphatic heterocycles. The van der Waals surface area contributed by atoms with Crippen molar-refractivity contribution in [2.45, 2.75) is 6.54 Å². The Morgan fingerprint density at radius 1 is 1.55 bits per heavy atom. The number of nitrogens with one attached hydrogen (secondary N) is 1. The molecule has 11 heavy (non-hydrogen) atoms. The van der Waals surface area contributed by atoms with E-state index in [0.29, 0.717) is 17.8 Å². The van der Waals surface area contributed by atoms with E-state index in [1.165, 1.54) is 0 Å². The third kappa shape index (κ3) is 3.03. The van der Waals surface area contributed by atoms with Crippen LogP contribution in [0.5, 0.6) is 0 Å². The van der Waals surface area contributed by atoms with E-state index in [9.17, 15) is 4.39 Å². The Kier molecular flexibility index (Phi) is 3.59. The smallest absolute Gasteiger partial charge is 0.169 e. The molecule has 62 valence electrons. The van der Waals surface area contributed by atoms with Gasteiger partial charge in [-0.1, -0.05) is 0 Å². The van der Waals surface area contributed by atoms with E-state index in [1.807, 2.05) is 12.1 Å². The highest BCUT2D eigenvalue weighted by Crippen LogP contribution is 2.13. The third-order valence-corrected chi connectivity index (χ3v) is 1.63. The van der Waals surface area contributed by atoms with Gasteiger partial charge in [0.1, 0.15) is 12.4 Å². The van der Waals surface area contributed by atoms with E-state index in [4.69, 9.17) is 4.42 Å². The van der Waals surface area contributed by atoms with Gasteiger partial charge in [0.25, 0.3) is 0 Å². The van der Waals surface area contributed by atoms with Gasteiger partial charge in [0.15, 0.2) is 4.67 Å². The summed E-state index contributed by atoms with van der Waals surface area (Å²) in [6, 6.07) is 3.65. The molecule has 0 radical (unpaired) electrons. The third-order valence-electron chi connectivity index (χ3n) is 1.20. The first-order valence-electron chi connectivity index (χ1n) is 3.34. The minimum atomic E-state index is -0.345. The molecule has 4 heteroatoms. The lowest BCUT2D eigenvalue weighted by molar-refractivity contribution is 0.433. The van der Waals surface area contributed by atoms with Crippen molar-refractivity contribution in [1.82, 2.24) is 5.32 Å². The van der Waals surface area contributed by atoms with Gasteiger partial charge in [-0.15, -0.1) is 0 Å². The molecule has 0 fully saturated rings. The molecule has 0 aliphatic rings. The van der Waals surface area contributed by atoms with Crippen LogP contribution < -0.4 is 5.32 Å². The van der Waals surface area contributed by atoms with Gasteiger partial charge in [0.05, 0.1) is 6.54 Å². The SMILES string of the molecule is FCCNCc1ccc(Br)o1. The second kappa shape index (κ2) is 4.51. The number of alkyl halides is 1. The second-order valence-electron chi connectivity index (χ2n) is 2.07. The fourth-order valence-electron chi connectivity index (χ4n) is 0.725. The molecule has 0 saturated heterocycles. The van der Waals surface area contributed by atoms with E-state index in [0.717, 1.165) is 5.76 Å². The highest BCUT2D eigenvalue weighted by atomic mass is 79.9. The van der Waals surface area contributed by atoms with Crippen LogP contribution in [0, 0.1) is 0 Å². The first-order chi connectivity index (χ1) is 5.33. The second-order valence-corrected chi connectivity index (χ2v) is 2.85. The van der Waals surface area contributed by atoms with Crippen LogP contribution in [0.4, 0.5) is 4.39 Å². The lowest BCUT2D eigenvalue weighted by atomic mass is 10.4. The topological polar surface area (TPSA) is 25.2 Å². The van der Waals surface area contributed by atoms with Crippen LogP contribution >= 0.6 is 15.9 Å². The molecule has 2 nitrogen and oxygen atoms in total. The van der Waals surface area contributed by atoms with Crippen LogP contribution in [0.1, 0.15) is 5.76 Å². The summed E-state index contributed by atoms with van der Waals surface area (Å²) in [6.45, 7) is 0.607. The molecule has 1 heterocycles. The molecule has 1 rings (SSSR count). The van der Waals surface area contributed by atoms with Crippen molar-refractivity contribution >= 4 is 15.9 Å². The molecule has 0 spiro atoms. The Hall–Kier alpha value is -0.350. The lowest BCUT2D eigenvalue weighted by Gasteiger charge is -1.96. The fraction of sp³-hybridized carbons (Fsp3) is 0.429. The molecule has 0 saturated carbocycles. The summed E-state index contributed by atoms with van der Waals surface area (Å²) >= 11 is 3.17. The summed E-state index contributed by atoms with van der Waals surface area (Å²) in [6.07, 6.45) is 0. The van der Waals surface area contributed by atoms with E-state index in [-0.39, 0.29) is 6.67 Å². The minimum absolute atomic E-state index is 0.345. The van der Waals surface area contributed by atoms with Crippen LogP contribution in [0.25, 0.3) is 0 Å². The molecule has 0 aromatic carbocycles. The van der Waals surface area contributed by atoms with Crippen LogP contribution in [0.3, 0.4) is 0 Å². The predicted molar refractivity (Wildman–Crippen MR) is 44.1 cm³/mol. The molecule has 0 amide bonds. The molecule has 0 atom stereocenters. The monoisotopic (exact) mass is 221 g/mol. The largest absolute Gasteiger partial charge is 0.453 e. The molecule has 0 aliphatic carbocycles. The average Bonchev–Trinajstić information content (AvgIpc) is 2.37. The highest BCUT2D eigenvalue weighted by Gasteiger charge is 1.97. The number of halogens is 2.